The molecule has 0 aromatic heterocycles. The SMILES string of the molecule is CCS(=O)(=O)N(C)C1CCN(C(=O)CCc2c(F)cccc2F)CC1. The third-order valence-corrected chi connectivity index (χ3v) is 6.69. The minimum Gasteiger partial charge on any atom is -0.343 e. The third-order valence-electron chi connectivity index (χ3n) is 4.79. The number of sulfonamides is 1. The molecule has 0 N–H and O–H groups in total. The largest absolute Gasteiger partial charge is 0.343 e. The molecule has 140 valence electrons. The summed E-state index contributed by atoms with van der Waals surface area (Å²) in [7, 11) is -1.67. The van der Waals surface area contributed by atoms with Crippen molar-refractivity contribution >= 4 is 15.9 Å². The second-order valence-corrected chi connectivity index (χ2v) is 8.55. The summed E-state index contributed by atoms with van der Waals surface area (Å²) in [4.78, 5) is 13.9. The molecule has 0 saturated carbocycles. The first-order chi connectivity index (χ1) is 11.8. The van der Waals surface area contributed by atoms with E-state index in [9.17, 15) is 22.0 Å². The van der Waals surface area contributed by atoms with Crippen molar-refractivity contribution in [3.8, 4) is 0 Å². The van der Waals surface area contributed by atoms with Gasteiger partial charge < -0.3 is 4.90 Å². The zero-order chi connectivity index (χ0) is 18.6. The first-order valence-corrected chi connectivity index (χ1v) is 10.0. The van der Waals surface area contributed by atoms with Crippen LogP contribution in [0, 0.1) is 11.6 Å². The number of hydrogen-bond acceptors (Lipinski definition) is 3. The van der Waals surface area contributed by atoms with Gasteiger partial charge in [0.05, 0.1) is 5.75 Å². The minimum absolute atomic E-state index is 0.0153. The Morgan fingerprint density at radius 1 is 1.24 bits per heavy atom. The molecule has 0 aliphatic carbocycles. The molecule has 0 bridgehead atoms. The number of carbonyl (C=O) groups is 1. The third kappa shape index (κ3) is 4.76. The number of halogens is 2. The smallest absolute Gasteiger partial charge is 0.222 e. The molecule has 1 fully saturated rings. The molecule has 5 nitrogen and oxygen atoms in total. The number of likely N-dealkylation sites (tertiary alicyclic amines) is 1. The maximum absolute atomic E-state index is 13.6. The Balaban J connectivity index is 1.87. The summed E-state index contributed by atoms with van der Waals surface area (Å²) in [6.07, 6.45) is 1.18. The normalized spacial score (nSPS) is 16.4. The lowest BCUT2D eigenvalue weighted by atomic mass is 10.0. The molecule has 2 rings (SSSR count). The number of carbonyl (C=O) groups excluding carboxylic acids is 1. The van der Waals surface area contributed by atoms with Crippen LogP contribution in [-0.4, -0.2) is 55.5 Å². The van der Waals surface area contributed by atoms with Crippen LogP contribution in [-0.2, 0) is 21.2 Å². The lowest BCUT2D eigenvalue weighted by Gasteiger charge is -2.36. The number of piperidine rings is 1. The van der Waals surface area contributed by atoms with E-state index in [4.69, 9.17) is 0 Å². The van der Waals surface area contributed by atoms with Gasteiger partial charge in [-0.2, -0.15) is 0 Å². The Hall–Kier alpha value is -1.54. The Bertz CT molecular complexity index is 696. The maximum atomic E-state index is 13.6. The number of amides is 1. The van der Waals surface area contributed by atoms with Crippen LogP contribution in [0.3, 0.4) is 0 Å². The van der Waals surface area contributed by atoms with Crippen molar-refractivity contribution in [3.63, 3.8) is 0 Å². The Morgan fingerprint density at radius 3 is 2.32 bits per heavy atom. The average Bonchev–Trinajstić information content (AvgIpc) is 2.60. The molecule has 0 unspecified atom stereocenters. The first kappa shape index (κ1) is 19.8. The van der Waals surface area contributed by atoms with Gasteiger partial charge in [-0.1, -0.05) is 6.07 Å². The highest BCUT2D eigenvalue weighted by Gasteiger charge is 2.30. The molecular weight excluding hydrogens is 350 g/mol. The molecule has 25 heavy (non-hydrogen) atoms. The lowest BCUT2D eigenvalue weighted by Crippen LogP contribution is -2.47. The number of hydrogen-bond donors (Lipinski definition) is 0. The molecule has 0 spiro atoms. The molecule has 1 heterocycles. The van der Waals surface area contributed by atoms with Crippen molar-refractivity contribution in [2.24, 2.45) is 0 Å². The summed E-state index contributed by atoms with van der Waals surface area (Å²) in [5.41, 5.74) is -0.0699. The number of rotatable bonds is 6. The van der Waals surface area contributed by atoms with Gasteiger partial charge in [-0.25, -0.2) is 21.5 Å². The van der Waals surface area contributed by atoms with Crippen LogP contribution >= 0.6 is 0 Å². The number of benzene rings is 1. The van der Waals surface area contributed by atoms with Crippen LogP contribution in [0.4, 0.5) is 8.78 Å². The van der Waals surface area contributed by atoms with Crippen LogP contribution < -0.4 is 0 Å². The van der Waals surface area contributed by atoms with Crippen LogP contribution in [0.15, 0.2) is 18.2 Å². The Morgan fingerprint density at radius 2 is 1.80 bits per heavy atom. The highest BCUT2D eigenvalue weighted by Crippen LogP contribution is 2.20. The zero-order valence-corrected chi connectivity index (χ0v) is 15.4. The second kappa shape index (κ2) is 8.23. The fourth-order valence-corrected chi connectivity index (χ4v) is 4.14. The molecule has 0 radical (unpaired) electrons. The predicted octanol–water partition coefficient (Wildman–Crippen LogP) is 2.17. The van der Waals surface area contributed by atoms with Gasteiger partial charge in [0.25, 0.3) is 0 Å². The summed E-state index contributed by atoms with van der Waals surface area (Å²) < 4.78 is 52.4. The van der Waals surface area contributed by atoms with E-state index >= 15 is 0 Å². The molecule has 0 atom stereocenters. The second-order valence-electron chi connectivity index (χ2n) is 6.23. The van der Waals surface area contributed by atoms with Gasteiger partial charge in [-0.3, -0.25) is 4.79 Å². The van der Waals surface area contributed by atoms with E-state index in [0.717, 1.165) is 0 Å². The van der Waals surface area contributed by atoms with Crippen molar-refractivity contribution in [1.29, 1.82) is 0 Å². The average molecular weight is 374 g/mol. The highest BCUT2D eigenvalue weighted by atomic mass is 32.2. The fraction of sp³-hybridized carbons (Fsp3) is 0.588. The van der Waals surface area contributed by atoms with Crippen molar-refractivity contribution in [1.82, 2.24) is 9.21 Å². The van der Waals surface area contributed by atoms with Crippen molar-refractivity contribution in [2.75, 3.05) is 25.9 Å². The van der Waals surface area contributed by atoms with E-state index in [1.165, 1.54) is 22.5 Å². The molecule has 1 aliphatic rings. The summed E-state index contributed by atoms with van der Waals surface area (Å²) in [5, 5.41) is 0. The van der Waals surface area contributed by atoms with Gasteiger partial charge in [-0.15, -0.1) is 0 Å². The van der Waals surface area contributed by atoms with E-state index in [1.807, 2.05) is 0 Å². The molecule has 1 amide bonds. The zero-order valence-electron chi connectivity index (χ0n) is 14.5. The van der Waals surface area contributed by atoms with Crippen LogP contribution in [0.1, 0.15) is 31.7 Å². The summed E-state index contributed by atoms with van der Waals surface area (Å²) in [6.45, 7) is 2.51. The van der Waals surface area contributed by atoms with Gasteiger partial charge in [0.1, 0.15) is 11.6 Å². The monoisotopic (exact) mass is 374 g/mol. The molecule has 1 aromatic rings. The van der Waals surface area contributed by atoms with E-state index in [2.05, 4.69) is 0 Å². The molecule has 1 aromatic carbocycles. The molecular formula is C17H24F2N2O3S. The lowest BCUT2D eigenvalue weighted by molar-refractivity contribution is -0.132. The molecule has 1 saturated heterocycles. The van der Waals surface area contributed by atoms with Gasteiger partial charge in [0, 0.05) is 38.2 Å². The van der Waals surface area contributed by atoms with Gasteiger partial charge >= 0.3 is 0 Å². The maximum Gasteiger partial charge on any atom is 0.222 e. The van der Waals surface area contributed by atoms with E-state index in [1.54, 1.807) is 18.9 Å². The van der Waals surface area contributed by atoms with Gasteiger partial charge in [0.15, 0.2) is 0 Å². The summed E-state index contributed by atoms with van der Waals surface area (Å²) in [6, 6.07) is 3.54. The molecule has 1 aliphatic heterocycles. The van der Waals surface area contributed by atoms with Crippen LogP contribution in [0.25, 0.3) is 0 Å². The summed E-state index contributed by atoms with van der Waals surface area (Å²) in [5.74, 6) is -1.39. The standard InChI is InChI=1S/C17H24F2N2O3S/c1-3-25(23,24)20(2)13-9-11-21(12-10-13)17(22)8-7-14-15(18)5-4-6-16(14)19/h4-6,13H,3,7-12H2,1-2H3. The van der Waals surface area contributed by atoms with E-state index < -0.39 is 21.7 Å². The highest BCUT2D eigenvalue weighted by molar-refractivity contribution is 7.89. The Labute approximate surface area is 147 Å². The van der Waals surface area contributed by atoms with Crippen LogP contribution in [0.2, 0.25) is 0 Å². The van der Waals surface area contributed by atoms with Crippen molar-refractivity contribution in [2.45, 2.75) is 38.6 Å². The molecule has 8 heteroatoms. The topological polar surface area (TPSA) is 57.7 Å². The minimum atomic E-state index is -3.24. The van der Waals surface area contributed by atoms with Gasteiger partial charge in [-0.05, 0) is 38.3 Å². The van der Waals surface area contributed by atoms with Gasteiger partial charge in [0.2, 0.25) is 15.9 Å². The van der Waals surface area contributed by atoms with Crippen molar-refractivity contribution in [3.05, 3.63) is 35.4 Å². The number of nitrogens with zero attached hydrogens (tertiary/aromatic N) is 2. The Kier molecular flexibility index (Phi) is 6.51. The van der Waals surface area contributed by atoms with E-state index in [0.29, 0.717) is 25.9 Å². The van der Waals surface area contributed by atoms with E-state index in [-0.39, 0.29) is 36.1 Å². The van der Waals surface area contributed by atoms with Crippen molar-refractivity contribution < 1.29 is 22.0 Å². The first-order valence-electron chi connectivity index (χ1n) is 8.42. The van der Waals surface area contributed by atoms with Crippen LogP contribution in [0.5, 0.6) is 0 Å². The summed E-state index contributed by atoms with van der Waals surface area (Å²) >= 11 is 0. The fourth-order valence-electron chi connectivity index (χ4n) is 3.07. The quantitative estimate of drug-likeness (QED) is 0.767. The predicted molar refractivity (Wildman–Crippen MR) is 91.5 cm³/mol.